The Hall–Kier alpha value is -0.870. The van der Waals surface area contributed by atoms with E-state index in [9.17, 15) is 9.90 Å². The molecule has 1 aromatic rings. The van der Waals surface area contributed by atoms with Gasteiger partial charge in [-0.05, 0) is 50.0 Å². The van der Waals surface area contributed by atoms with Gasteiger partial charge in [-0.2, -0.15) is 0 Å². The number of piperidine rings is 1. The van der Waals surface area contributed by atoms with Gasteiger partial charge in [0.2, 0.25) is 0 Å². The van der Waals surface area contributed by atoms with E-state index in [1.807, 2.05) is 12.1 Å². The van der Waals surface area contributed by atoms with Gasteiger partial charge < -0.3 is 5.11 Å². The van der Waals surface area contributed by atoms with E-state index in [4.69, 9.17) is 0 Å². The number of likely N-dealkylation sites (tertiary alicyclic amines) is 1. The number of benzene rings is 1. The molecule has 20 heavy (non-hydrogen) atoms. The van der Waals surface area contributed by atoms with Gasteiger partial charge in [0.25, 0.3) is 0 Å². The topological polar surface area (TPSA) is 40.5 Å². The van der Waals surface area contributed by atoms with Crippen molar-refractivity contribution in [3.63, 3.8) is 0 Å². The molecule has 0 amide bonds. The van der Waals surface area contributed by atoms with Gasteiger partial charge in [-0.1, -0.05) is 41.4 Å². The van der Waals surface area contributed by atoms with Crippen molar-refractivity contribution in [1.82, 2.24) is 4.90 Å². The smallest absolute Gasteiger partial charge is 0.305 e. The number of carboxylic acids is 1. The fourth-order valence-corrected chi connectivity index (χ4v) is 3.70. The molecule has 0 aromatic heterocycles. The maximum Gasteiger partial charge on any atom is 0.305 e. The van der Waals surface area contributed by atoms with Crippen LogP contribution in [0, 0.1) is 0 Å². The molecular weight excluding hydrogens is 318 g/mol. The monoisotopic (exact) mass is 339 g/mol. The molecule has 1 saturated heterocycles. The number of hydrogen-bond acceptors (Lipinski definition) is 2. The van der Waals surface area contributed by atoms with Crippen LogP contribution in [0.1, 0.15) is 44.6 Å². The highest BCUT2D eigenvalue weighted by Gasteiger charge is 2.39. The summed E-state index contributed by atoms with van der Waals surface area (Å²) >= 11 is 3.51. The Bertz CT molecular complexity index is 471. The van der Waals surface area contributed by atoms with Crippen molar-refractivity contribution in [3.8, 4) is 0 Å². The van der Waals surface area contributed by atoms with Crippen LogP contribution < -0.4 is 0 Å². The molecule has 1 unspecified atom stereocenters. The Kier molecular flexibility index (Phi) is 5.22. The van der Waals surface area contributed by atoms with Crippen molar-refractivity contribution in [2.24, 2.45) is 0 Å². The summed E-state index contributed by atoms with van der Waals surface area (Å²) in [7, 11) is 0. The van der Waals surface area contributed by atoms with E-state index in [1.54, 1.807) is 0 Å². The van der Waals surface area contributed by atoms with Gasteiger partial charge in [0.15, 0.2) is 0 Å². The zero-order valence-corrected chi connectivity index (χ0v) is 13.5. The first kappa shape index (κ1) is 15.5. The third-order valence-corrected chi connectivity index (χ3v) is 4.85. The predicted octanol–water partition coefficient (Wildman–Crippen LogP) is 4.02. The van der Waals surface area contributed by atoms with Crippen LogP contribution in [0.25, 0.3) is 0 Å². The molecule has 3 nitrogen and oxygen atoms in total. The van der Waals surface area contributed by atoms with Crippen molar-refractivity contribution in [1.29, 1.82) is 0 Å². The van der Waals surface area contributed by atoms with Crippen LogP contribution in [0.15, 0.2) is 28.7 Å². The highest BCUT2D eigenvalue weighted by atomic mass is 79.9. The summed E-state index contributed by atoms with van der Waals surface area (Å²) < 4.78 is 1.01. The standard InChI is InChI=1S/C16H22BrNO2/c1-2-16(12-15(19)20,18-9-4-3-5-10-18)13-7-6-8-14(17)11-13/h6-8,11H,2-5,9-10,12H2,1H3,(H,19,20). The number of carbonyl (C=O) groups is 1. The van der Waals surface area contributed by atoms with Crippen LogP contribution >= 0.6 is 15.9 Å². The largest absolute Gasteiger partial charge is 0.481 e. The summed E-state index contributed by atoms with van der Waals surface area (Å²) in [5, 5.41) is 9.40. The van der Waals surface area contributed by atoms with Gasteiger partial charge in [0, 0.05) is 4.47 Å². The molecular formula is C16H22BrNO2. The third kappa shape index (κ3) is 3.23. The number of carboxylic acid groups (broad SMARTS) is 1. The molecule has 1 aliphatic rings. The normalized spacial score (nSPS) is 19.5. The van der Waals surface area contributed by atoms with Crippen molar-refractivity contribution < 1.29 is 9.90 Å². The van der Waals surface area contributed by atoms with Gasteiger partial charge in [0.05, 0.1) is 12.0 Å². The summed E-state index contributed by atoms with van der Waals surface area (Å²) in [6.07, 6.45) is 4.56. The van der Waals surface area contributed by atoms with Crippen molar-refractivity contribution in [2.45, 2.75) is 44.6 Å². The molecule has 0 spiro atoms. The number of rotatable bonds is 5. The molecule has 0 bridgehead atoms. The molecule has 1 heterocycles. The van der Waals surface area contributed by atoms with Crippen LogP contribution in [0.4, 0.5) is 0 Å². The summed E-state index contributed by atoms with van der Waals surface area (Å²) in [5.74, 6) is -0.725. The van der Waals surface area contributed by atoms with Crippen LogP contribution in [0.5, 0.6) is 0 Å². The van der Waals surface area contributed by atoms with Crippen molar-refractivity contribution >= 4 is 21.9 Å². The third-order valence-electron chi connectivity index (χ3n) is 4.35. The fourth-order valence-electron chi connectivity index (χ4n) is 3.30. The number of halogens is 1. The lowest BCUT2D eigenvalue weighted by Crippen LogP contribution is -2.49. The highest BCUT2D eigenvalue weighted by Crippen LogP contribution is 2.38. The fraction of sp³-hybridized carbons (Fsp3) is 0.562. The maximum atomic E-state index is 11.4. The lowest BCUT2D eigenvalue weighted by molar-refractivity contribution is -0.141. The summed E-state index contributed by atoms with van der Waals surface area (Å²) in [5.41, 5.74) is 0.731. The van der Waals surface area contributed by atoms with E-state index in [0.717, 1.165) is 42.4 Å². The van der Waals surface area contributed by atoms with Crippen LogP contribution in [0.3, 0.4) is 0 Å². The Labute approximate surface area is 129 Å². The second-order valence-electron chi connectivity index (χ2n) is 5.51. The van der Waals surface area contributed by atoms with E-state index >= 15 is 0 Å². The first-order valence-electron chi connectivity index (χ1n) is 7.31. The molecule has 0 saturated carbocycles. The van der Waals surface area contributed by atoms with Crippen LogP contribution in [0.2, 0.25) is 0 Å². The summed E-state index contributed by atoms with van der Waals surface area (Å²) in [6, 6.07) is 8.11. The first-order valence-corrected chi connectivity index (χ1v) is 8.10. The van der Waals surface area contributed by atoms with E-state index in [1.165, 1.54) is 6.42 Å². The SMILES string of the molecule is CCC(CC(=O)O)(c1cccc(Br)c1)N1CCCCC1. The van der Waals surface area contributed by atoms with Crippen LogP contribution in [-0.4, -0.2) is 29.1 Å². The van der Waals surface area contributed by atoms with Crippen LogP contribution in [-0.2, 0) is 10.3 Å². The molecule has 4 heteroatoms. The average molecular weight is 340 g/mol. The van der Waals surface area contributed by atoms with Gasteiger partial charge >= 0.3 is 5.97 Å². The van der Waals surface area contributed by atoms with Crippen molar-refractivity contribution in [3.05, 3.63) is 34.3 Å². The predicted molar refractivity (Wildman–Crippen MR) is 83.8 cm³/mol. The number of aliphatic carboxylic acids is 1. The minimum absolute atomic E-state index is 0.167. The molecule has 0 radical (unpaired) electrons. The second kappa shape index (κ2) is 6.72. The molecule has 1 fully saturated rings. The summed E-state index contributed by atoms with van der Waals surface area (Å²) in [4.78, 5) is 13.8. The van der Waals surface area contributed by atoms with E-state index in [0.29, 0.717) is 0 Å². The van der Waals surface area contributed by atoms with E-state index in [2.05, 4.69) is 39.9 Å². The molecule has 1 N–H and O–H groups in total. The average Bonchev–Trinajstić information content (AvgIpc) is 2.45. The van der Waals surface area contributed by atoms with Gasteiger partial charge in [-0.15, -0.1) is 0 Å². The zero-order valence-electron chi connectivity index (χ0n) is 11.9. The van der Waals surface area contributed by atoms with Gasteiger partial charge in [-0.25, -0.2) is 0 Å². The molecule has 1 atom stereocenters. The van der Waals surface area contributed by atoms with E-state index < -0.39 is 5.97 Å². The quantitative estimate of drug-likeness (QED) is 0.880. The van der Waals surface area contributed by atoms with Gasteiger partial charge in [-0.3, -0.25) is 9.69 Å². The Balaban J connectivity index is 2.42. The molecule has 0 aliphatic carbocycles. The lowest BCUT2D eigenvalue weighted by atomic mass is 9.81. The molecule has 2 rings (SSSR count). The minimum atomic E-state index is -0.725. The molecule has 110 valence electrons. The Morgan fingerprint density at radius 3 is 2.60 bits per heavy atom. The van der Waals surface area contributed by atoms with E-state index in [-0.39, 0.29) is 12.0 Å². The maximum absolute atomic E-state index is 11.4. The Morgan fingerprint density at radius 2 is 2.05 bits per heavy atom. The molecule has 1 aliphatic heterocycles. The highest BCUT2D eigenvalue weighted by molar-refractivity contribution is 9.10. The zero-order chi connectivity index (χ0) is 14.6. The van der Waals surface area contributed by atoms with Gasteiger partial charge in [0.1, 0.15) is 0 Å². The lowest BCUT2D eigenvalue weighted by Gasteiger charge is -2.45. The summed E-state index contributed by atoms with van der Waals surface area (Å²) in [6.45, 7) is 4.08. The number of nitrogens with zero attached hydrogens (tertiary/aromatic N) is 1. The second-order valence-corrected chi connectivity index (χ2v) is 6.43. The van der Waals surface area contributed by atoms with Crippen molar-refractivity contribution in [2.75, 3.05) is 13.1 Å². The minimum Gasteiger partial charge on any atom is -0.481 e. The first-order chi connectivity index (χ1) is 9.58. The molecule has 1 aromatic carbocycles. The number of hydrogen-bond donors (Lipinski definition) is 1. The Morgan fingerprint density at radius 1 is 1.35 bits per heavy atom.